The number of carbonyl (C=O) groups is 2. The zero-order valence-corrected chi connectivity index (χ0v) is 8.84. The summed E-state index contributed by atoms with van der Waals surface area (Å²) in [5.41, 5.74) is 0. The van der Waals surface area contributed by atoms with Crippen LogP contribution in [0.2, 0.25) is 0 Å². The van der Waals surface area contributed by atoms with Gasteiger partial charge in [-0.2, -0.15) is 13.2 Å². The minimum Gasteiger partial charge on any atom is -0.544 e. The maximum absolute atomic E-state index is 11.7. The molecule has 0 radical (unpaired) electrons. The van der Waals surface area contributed by atoms with Crippen LogP contribution < -0.4 is 5.11 Å². The highest BCUT2D eigenvalue weighted by atomic mass is 19.4. The van der Waals surface area contributed by atoms with Crippen LogP contribution in [0.3, 0.4) is 0 Å². The van der Waals surface area contributed by atoms with Crippen LogP contribution in [-0.4, -0.2) is 56.4 Å². The van der Waals surface area contributed by atoms with E-state index in [1.807, 2.05) is 0 Å². The number of carboxylic acids is 1. The Balaban J connectivity index is 3.99. The highest BCUT2D eigenvalue weighted by Crippen LogP contribution is 2.16. The fourth-order valence-corrected chi connectivity index (χ4v) is 0.896. The largest absolute Gasteiger partial charge is 0.544 e. The second-order valence-corrected chi connectivity index (χ2v) is 3.82. The molecular weight excluding hydrogens is 231 g/mol. The summed E-state index contributed by atoms with van der Waals surface area (Å²) < 4.78 is 38.9. The molecule has 0 saturated carbocycles. The van der Waals surface area contributed by atoms with Gasteiger partial charge in [0.15, 0.2) is 0 Å². The average molecular weight is 243 g/mol. The van der Waals surface area contributed by atoms with Crippen molar-refractivity contribution in [1.82, 2.24) is 0 Å². The summed E-state index contributed by atoms with van der Waals surface area (Å²) in [6.07, 6.45) is -5.02. The van der Waals surface area contributed by atoms with Crippen molar-refractivity contribution in [2.45, 2.75) is 6.18 Å². The summed E-state index contributed by atoms with van der Waals surface area (Å²) in [7, 11) is 2.94. The molecule has 0 rings (SSSR count). The van der Waals surface area contributed by atoms with E-state index in [4.69, 9.17) is 0 Å². The number of hydrogen-bond donors (Lipinski definition) is 0. The number of ether oxygens (including phenoxy) is 1. The molecule has 0 bridgehead atoms. The van der Waals surface area contributed by atoms with Gasteiger partial charge in [-0.15, -0.1) is 0 Å². The predicted molar refractivity (Wildman–Crippen MR) is 43.9 cm³/mol. The molecule has 0 aliphatic carbocycles. The van der Waals surface area contributed by atoms with Gasteiger partial charge in [0.25, 0.3) is 0 Å². The van der Waals surface area contributed by atoms with E-state index in [0.717, 1.165) is 0 Å². The molecule has 0 spiro atoms. The molecule has 5 nitrogen and oxygen atoms in total. The molecule has 0 fully saturated rings. The molecule has 0 aromatic heterocycles. The van der Waals surface area contributed by atoms with Crippen molar-refractivity contribution >= 4 is 11.9 Å². The summed E-state index contributed by atoms with van der Waals surface area (Å²) in [6.45, 7) is -0.919. The number of hydrogen-bond acceptors (Lipinski definition) is 4. The first-order valence-corrected chi connectivity index (χ1v) is 4.30. The van der Waals surface area contributed by atoms with Gasteiger partial charge in [-0.05, 0) is 0 Å². The van der Waals surface area contributed by atoms with Crippen LogP contribution in [-0.2, 0) is 14.3 Å². The molecule has 16 heavy (non-hydrogen) atoms. The lowest BCUT2D eigenvalue weighted by molar-refractivity contribution is -0.884. The molecule has 0 unspecified atom stereocenters. The molecule has 0 aromatic carbocycles. The summed E-state index contributed by atoms with van der Waals surface area (Å²) in [5.74, 6) is -3.60. The number of alkyl halides is 3. The van der Waals surface area contributed by atoms with Gasteiger partial charge < -0.3 is 19.1 Å². The third-order valence-corrected chi connectivity index (χ3v) is 1.72. The third-order valence-electron chi connectivity index (χ3n) is 1.72. The molecule has 0 aliphatic heterocycles. The van der Waals surface area contributed by atoms with Crippen LogP contribution >= 0.6 is 0 Å². The predicted octanol–water partition coefficient (Wildman–Crippen LogP) is -1.08. The van der Waals surface area contributed by atoms with E-state index in [1.165, 1.54) is 14.1 Å². The average Bonchev–Trinajstić information content (AvgIpc) is 1.98. The van der Waals surface area contributed by atoms with Crippen molar-refractivity contribution < 1.29 is 37.1 Å². The van der Waals surface area contributed by atoms with Crippen LogP contribution in [0.15, 0.2) is 0 Å². The molecule has 0 saturated heterocycles. The van der Waals surface area contributed by atoms with E-state index < -0.39 is 24.7 Å². The first kappa shape index (κ1) is 14.7. The normalized spacial score (nSPS) is 12.3. The SMILES string of the molecule is C[N+](C)(CCOC(=O)C(F)(F)F)CC(=O)[O-]. The lowest BCUT2D eigenvalue weighted by atomic mass is 10.4. The Morgan fingerprint density at radius 2 is 1.81 bits per heavy atom. The minimum atomic E-state index is -5.02. The van der Waals surface area contributed by atoms with Gasteiger partial charge in [0, 0.05) is 0 Å². The quantitative estimate of drug-likeness (QED) is 0.455. The van der Waals surface area contributed by atoms with Crippen molar-refractivity contribution in [3.8, 4) is 0 Å². The summed E-state index contributed by atoms with van der Waals surface area (Å²) in [6, 6.07) is 0. The first-order chi connectivity index (χ1) is 7.04. The van der Waals surface area contributed by atoms with Crippen molar-refractivity contribution in [1.29, 1.82) is 0 Å². The Bertz CT molecular complexity index is 275. The van der Waals surface area contributed by atoms with Gasteiger partial charge in [0.05, 0.1) is 20.1 Å². The number of quaternary nitrogens is 1. The third kappa shape index (κ3) is 6.23. The molecule has 0 atom stereocenters. The molecule has 0 heterocycles. The van der Waals surface area contributed by atoms with Crippen LogP contribution in [0.5, 0.6) is 0 Å². The zero-order chi connectivity index (χ0) is 13.0. The van der Waals surface area contributed by atoms with Crippen molar-refractivity contribution in [2.24, 2.45) is 0 Å². The number of halogens is 3. The Labute approximate surface area is 90.0 Å². The second-order valence-electron chi connectivity index (χ2n) is 3.82. The van der Waals surface area contributed by atoms with Crippen LogP contribution in [0, 0.1) is 0 Å². The summed E-state index contributed by atoms with van der Waals surface area (Å²) in [4.78, 5) is 20.5. The second kappa shape index (κ2) is 5.15. The molecule has 0 aromatic rings. The minimum absolute atomic E-state index is 0.0458. The van der Waals surface area contributed by atoms with Crippen molar-refractivity contribution in [2.75, 3.05) is 33.8 Å². The Kier molecular flexibility index (Phi) is 4.73. The van der Waals surface area contributed by atoms with E-state index in [2.05, 4.69) is 4.74 Å². The molecule has 0 N–H and O–H groups in total. The Hall–Kier alpha value is -1.31. The first-order valence-electron chi connectivity index (χ1n) is 4.30. The lowest BCUT2D eigenvalue weighted by Crippen LogP contribution is -2.50. The van der Waals surface area contributed by atoms with Gasteiger partial charge in [-0.3, -0.25) is 0 Å². The molecule has 8 heteroatoms. The summed E-state index contributed by atoms with van der Waals surface area (Å²) >= 11 is 0. The number of carbonyl (C=O) groups excluding carboxylic acids is 2. The molecule has 0 aliphatic rings. The Morgan fingerprint density at radius 3 is 2.19 bits per heavy atom. The van der Waals surface area contributed by atoms with Gasteiger partial charge in [-0.1, -0.05) is 0 Å². The molecule has 0 amide bonds. The van der Waals surface area contributed by atoms with Gasteiger partial charge in [0.2, 0.25) is 0 Å². The van der Waals surface area contributed by atoms with Crippen molar-refractivity contribution in [3.63, 3.8) is 0 Å². The maximum atomic E-state index is 11.7. The van der Waals surface area contributed by atoms with Crippen molar-refractivity contribution in [3.05, 3.63) is 0 Å². The van der Waals surface area contributed by atoms with Gasteiger partial charge >= 0.3 is 12.1 Å². The topological polar surface area (TPSA) is 66.4 Å². The number of rotatable bonds is 5. The van der Waals surface area contributed by atoms with Gasteiger partial charge in [0.1, 0.15) is 19.7 Å². The van der Waals surface area contributed by atoms with E-state index in [9.17, 15) is 27.9 Å². The number of likely N-dealkylation sites (N-methyl/N-ethyl adjacent to an activating group) is 1. The number of carboxylic acid groups (broad SMARTS) is 1. The van der Waals surface area contributed by atoms with E-state index in [-0.39, 0.29) is 17.6 Å². The zero-order valence-electron chi connectivity index (χ0n) is 8.84. The highest BCUT2D eigenvalue weighted by molar-refractivity contribution is 5.75. The van der Waals surface area contributed by atoms with Crippen LogP contribution in [0.1, 0.15) is 0 Å². The standard InChI is InChI=1S/C8H12F3NO4/c1-12(2,5-6(13)14)3-4-16-7(15)8(9,10)11/h3-5H2,1-2H3. The highest BCUT2D eigenvalue weighted by Gasteiger charge is 2.41. The van der Waals surface area contributed by atoms with Crippen LogP contribution in [0.4, 0.5) is 13.2 Å². The fraction of sp³-hybridized carbons (Fsp3) is 0.750. The van der Waals surface area contributed by atoms with E-state index >= 15 is 0 Å². The van der Waals surface area contributed by atoms with E-state index in [0.29, 0.717) is 0 Å². The van der Waals surface area contributed by atoms with Crippen LogP contribution in [0.25, 0.3) is 0 Å². The van der Waals surface area contributed by atoms with Gasteiger partial charge in [-0.25, -0.2) is 4.79 Å². The number of aliphatic carboxylic acids is 1. The Morgan fingerprint density at radius 1 is 1.31 bits per heavy atom. The molecule has 94 valence electrons. The monoisotopic (exact) mass is 243 g/mol. The number of nitrogens with zero attached hydrogens (tertiary/aromatic N) is 1. The maximum Gasteiger partial charge on any atom is 0.490 e. The molecular formula is C8H12F3NO4. The summed E-state index contributed by atoms with van der Waals surface area (Å²) in [5, 5.41) is 10.3. The smallest absolute Gasteiger partial charge is 0.490 e. The fourth-order valence-electron chi connectivity index (χ4n) is 0.896. The lowest BCUT2D eigenvalue weighted by Gasteiger charge is -2.29. The van der Waals surface area contributed by atoms with E-state index in [1.54, 1.807) is 0 Å². The number of esters is 1.